The van der Waals surface area contributed by atoms with Gasteiger partial charge >= 0.3 is 0 Å². The molecule has 18 heavy (non-hydrogen) atoms. The monoisotopic (exact) mass is 251 g/mol. The van der Waals surface area contributed by atoms with Gasteiger partial charge in [0.15, 0.2) is 0 Å². The minimum Gasteiger partial charge on any atom is -0.395 e. The van der Waals surface area contributed by atoms with E-state index in [4.69, 9.17) is 10.2 Å². The minimum absolute atomic E-state index is 0.00834. The Morgan fingerprint density at radius 3 is 2.67 bits per heavy atom. The summed E-state index contributed by atoms with van der Waals surface area (Å²) < 4.78 is 13.4. The molecular formula is C14H18FNO2. The number of aliphatic hydroxyl groups is 2. The highest BCUT2D eigenvalue weighted by atomic mass is 19.1. The number of nitrogens with zero attached hydrogens (tertiary/aromatic N) is 1. The molecule has 1 aromatic rings. The Bertz CT molecular complexity index is 437. The molecule has 0 atom stereocenters. The highest BCUT2D eigenvalue weighted by Crippen LogP contribution is 2.10. The molecule has 0 aliphatic heterocycles. The number of likely N-dealkylation sites (N-methyl/N-ethyl adjacent to an activating group) is 1. The number of halogens is 1. The van der Waals surface area contributed by atoms with Crippen molar-refractivity contribution in [2.24, 2.45) is 0 Å². The van der Waals surface area contributed by atoms with E-state index in [0.29, 0.717) is 25.1 Å². The van der Waals surface area contributed by atoms with Gasteiger partial charge in [-0.2, -0.15) is 0 Å². The predicted molar refractivity (Wildman–Crippen MR) is 68.4 cm³/mol. The first-order valence-corrected chi connectivity index (χ1v) is 5.84. The van der Waals surface area contributed by atoms with Crippen molar-refractivity contribution in [2.45, 2.75) is 13.0 Å². The van der Waals surface area contributed by atoms with Gasteiger partial charge in [-0.15, -0.1) is 0 Å². The van der Waals surface area contributed by atoms with Gasteiger partial charge in [-0.1, -0.05) is 11.8 Å². The summed E-state index contributed by atoms with van der Waals surface area (Å²) in [6.07, 6.45) is 0.385. The molecule has 2 N–H and O–H groups in total. The Balaban J connectivity index is 2.78. The van der Waals surface area contributed by atoms with Crippen molar-refractivity contribution in [1.29, 1.82) is 0 Å². The zero-order valence-corrected chi connectivity index (χ0v) is 10.5. The molecule has 0 aromatic heterocycles. The van der Waals surface area contributed by atoms with Crippen LogP contribution in [0.1, 0.15) is 17.5 Å². The third kappa shape index (κ3) is 5.28. The van der Waals surface area contributed by atoms with Crippen molar-refractivity contribution in [2.75, 3.05) is 26.8 Å². The van der Waals surface area contributed by atoms with Crippen LogP contribution in [0.5, 0.6) is 0 Å². The van der Waals surface area contributed by atoms with E-state index in [9.17, 15) is 4.39 Å². The molecule has 4 heteroatoms. The summed E-state index contributed by atoms with van der Waals surface area (Å²) in [5.41, 5.74) is 1.43. The van der Waals surface area contributed by atoms with Crippen LogP contribution >= 0.6 is 0 Å². The van der Waals surface area contributed by atoms with E-state index in [0.717, 1.165) is 5.56 Å². The van der Waals surface area contributed by atoms with Crippen molar-refractivity contribution in [3.05, 3.63) is 35.1 Å². The quantitative estimate of drug-likeness (QED) is 0.767. The summed E-state index contributed by atoms with van der Waals surface area (Å²) in [5.74, 6) is 5.26. The number of hydrogen-bond donors (Lipinski definition) is 2. The SMILES string of the molecule is CN(CCO)Cc1cc(F)cc(C#CCCO)c1. The first kappa shape index (κ1) is 14.7. The van der Waals surface area contributed by atoms with Crippen molar-refractivity contribution < 1.29 is 14.6 Å². The third-order valence-corrected chi connectivity index (χ3v) is 2.36. The van der Waals surface area contributed by atoms with E-state index in [-0.39, 0.29) is 19.0 Å². The Hall–Kier alpha value is -1.41. The van der Waals surface area contributed by atoms with Crippen molar-refractivity contribution in [3.63, 3.8) is 0 Å². The second-order valence-corrected chi connectivity index (χ2v) is 4.08. The smallest absolute Gasteiger partial charge is 0.124 e. The molecule has 0 heterocycles. The first-order valence-electron chi connectivity index (χ1n) is 5.84. The molecule has 1 aromatic carbocycles. The minimum atomic E-state index is -0.321. The van der Waals surface area contributed by atoms with Crippen LogP contribution in [0.4, 0.5) is 4.39 Å². The molecule has 0 radical (unpaired) electrons. The van der Waals surface area contributed by atoms with Crippen LogP contribution in [0.3, 0.4) is 0 Å². The average molecular weight is 251 g/mol. The van der Waals surface area contributed by atoms with Crippen LogP contribution in [-0.4, -0.2) is 41.9 Å². The molecule has 0 unspecified atom stereocenters. The number of rotatable bonds is 5. The van der Waals surface area contributed by atoms with Gasteiger partial charge in [0.05, 0.1) is 13.2 Å². The van der Waals surface area contributed by atoms with Crippen molar-refractivity contribution in [3.8, 4) is 11.8 Å². The number of aliphatic hydroxyl groups excluding tert-OH is 2. The van der Waals surface area contributed by atoms with E-state index in [1.54, 1.807) is 0 Å². The topological polar surface area (TPSA) is 43.7 Å². The van der Waals surface area contributed by atoms with Gasteiger partial charge < -0.3 is 10.2 Å². The Morgan fingerprint density at radius 1 is 1.22 bits per heavy atom. The molecule has 0 bridgehead atoms. The summed E-state index contributed by atoms with van der Waals surface area (Å²) in [6, 6.07) is 4.66. The number of hydrogen-bond acceptors (Lipinski definition) is 3. The van der Waals surface area contributed by atoms with Crippen molar-refractivity contribution in [1.82, 2.24) is 4.90 Å². The maximum Gasteiger partial charge on any atom is 0.124 e. The molecule has 0 spiro atoms. The molecular weight excluding hydrogens is 233 g/mol. The van der Waals surface area contributed by atoms with Crippen LogP contribution in [0.15, 0.2) is 18.2 Å². The molecule has 0 aliphatic rings. The normalized spacial score (nSPS) is 10.3. The maximum absolute atomic E-state index is 13.4. The van der Waals surface area contributed by atoms with Gasteiger partial charge in [0, 0.05) is 25.1 Å². The summed E-state index contributed by atoms with van der Waals surface area (Å²) in [5, 5.41) is 17.4. The Morgan fingerprint density at radius 2 is 2.00 bits per heavy atom. The summed E-state index contributed by atoms with van der Waals surface area (Å²) in [6.45, 7) is 1.19. The zero-order chi connectivity index (χ0) is 13.4. The van der Waals surface area contributed by atoms with Crippen LogP contribution in [0, 0.1) is 17.7 Å². The van der Waals surface area contributed by atoms with E-state index in [1.165, 1.54) is 12.1 Å². The molecule has 3 nitrogen and oxygen atoms in total. The zero-order valence-electron chi connectivity index (χ0n) is 10.5. The number of benzene rings is 1. The van der Waals surface area contributed by atoms with Gasteiger partial charge in [0.1, 0.15) is 5.82 Å². The third-order valence-electron chi connectivity index (χ3n) is 2.36. The molecule has 0 aliphatic carbocycles. The van der Waals surface area contributed by atoms with Crippen LogP contribution < -0.4 is 0 Å². The van der Waals surface area contributed by atoms with Gasteiger partial charge in [-0.25, -0.2) is 4.39 Å². The molecule has 0 saturated carbocycles. The fourth-order valence-corrected chi connectivity index (χ4v) is 1.60. The van der Waals surface area contributed by atoms with Gasteiger partial charge in [-0.05, 0) is 30.8 Å². The molecule has 0 saturated heterocycles. The van der Waals surface area contributed by atoms with Gasteiger partial charge in [0.25, 0.3) is 0 Å². The van der Waals surface area contributed by atoms with Gasteiger partial charge in [-0.3, -0.25) is 4.90 Å². The lowest BCUT2D eigenvalue weighted by atomic mass is 10.1. The van der Waals surface area contributed by atoms with Crippen LogP contribution in [-0.2, 0) is 6.54 Å². The lowest BCUT2D eigenvalue weighted by molar-refractivity contribution is 0.217. The fourth-order valence-electron chi connectivity index (χ4n) is 1.60. The van der Waals surface area contributed by atoms with Crippen LogP contribution in [0.2, 0.25) is 0 Å². The highest BCUT2D eigenvalue weighted by Gasteiger charge is 2.03. The lowest BCUT2D eigenvalue weighted by Crippen LogP contribution is -2.21. The maximum atomic E-state index is 13.4. The predicted octanol–water partition coefficient (Wildman–Crippen LogP) is 0.984. The van der Waals surface area contributed by atoms with E-state index in [2.05, 4.69) is 11.8 Å². The van der Waals surface area contributed by atoms with E-state index >= 15 is 0 Å². The second-order valence-electron chi connectivity index (χ2n) is 4.08. The molecule has 98 valence electrons. The molecule has 0 fully saturated rings. The standard InChI is InChI=1S/C14H18FNO2/c1-16(5-7-18)11-13-8-12(4-2-3-6-17)9-14(15)10-13/h8-10,17-18H,3,5-7,11H2,1H3. The average Bonchev–Trinajstić information content (AvgIpc) is 2.28. The Labute approximate surface area is 107 Å². The fraction of sp³-hybridized carbons (Fsp3) is 0.429. The van der Waals surface area contributed by atoms with Gasteiger partial charge in [0.2, 0.25) is 0 Å². The summed E-state index contributed by atoms with van der Waals surface area (Å²) >= 11 is 0. The molecule has 1 rings (SSSR count). The Kier molecular flexibility index (Phi) is 6.37. The second kappa shape index (κ2) is 7.83. The largest absolute Gasteiger partial charge is 0.395 e. The highest BCUT2D eigenvalue weighted by molar-refractivity contribution is 5.37. The lowest BCUT2D eigenvalue weighted by Gasteiger charge is -2.15. The first-order chi connectivity index (χ1) is 8.65. The van der Waals surface area contributed by atoms with E-state index in [1.807, 2.05) is 18.0 Å². The van der Waals surface area contributed by atoms with Crippen LogP contribution in [0.25, 0.3) is 0 Å². The summed E-state index contributed by atoms with van der Waals surface area (Å²) in [7, 11) is 1.86. The van der Waals surface area contributed by atoms with E-state index < -0.39 is 0 Å². The summed E-state index contributed by atoms with van der Waals surface area (Å²) in [4.78, 5) is 1.90. The molecule has 0 amide bonds. The van der Waals surface area contributed by atoms with Crippen molar-refractivity contribution >= 4 is 0 Å².